The number of rotatable bonds is 2. The molecule has 2 rings (SSSR count). The first-order valence-electron chi connectivity index (χ1n) is 5.30. The summed E-state index contributed by atoms with van der Waals surface area (Å²) in [5, 5.41) is 2.58. The number of hydrogen-bond donors (Lipinski definition) is 1. The molecule has 1 N–H and O–H groups in total. The van der Waals surface area contributed by atoms with E-state index in [9.17, 15) is 4.79 Å². The van der Waals surface area contributed by atoms with Gasteiger partial charge in [0.2, 0.25) is 5.28 Å². The number of carbonyl (C=O) groups excluding carboxylic acids is 1. The number of carbonyl (C=O) groups is 1. The molecule has 0 aromatic carbocycles. The Morgan fingerprint density at radius 1 is 1.47 bits per heavy atom. The summed E-state index contributed by atoms with van der Waals surface area (Å²) in [6.45, 7) is 2.77. The second kappa shape index (κ2) is 5.29. The molecule has 0 spiro atoms. The first-order valence-corrected chi connectivity index (χ1v) is 5.68. The fourth-order valence-corrected chi connectivity index (χ4v) is 1.78. The Balaban J connectivity index is 2.27. The van der Waals surface area contributed by atoms with E-state index in [2.05, 4.69) is 15.3 Å². The molecule has 7 heteroatoms. The van der Waals surface area contributed by atoms with Gasteiger partial charge in [-0.05, 0) is 11.6 Å². The van der Waals surface area contributed by atoms with Crippen molar-refractivity contribution in [1.29, 1.82) is 0 Å². The summed E-state index contributed by atoms with van der Waals surface area (Å²) in [6.07, 6.45) is 0. The van der Waals surface area contributed by atoms with Crippen molar-refractivity contribution in [2.75, 3.05) is 38.3 Å². The molecule has 0 radical (unpaired) electrons. The SMILES string of the molecule is CNC(=O)c1cc(N2CCOCC2)nc(Cl)n1. The largest absolute Gasteiger partial charge is 0.378 e. The van der Waals surface area contributed by atoms with Crippen LogP contribution in [0.15, 0.2) is 6.07 Å². The standard InChI is InChI=1S/C10H13ClN4O2/c1-12-9(16)7-6-8(14-10(11)13-7)15-2-4-17-5-3-15/h6H,2-5H2,1H3,(H,12,16). The summed E-state index contributed by atoms with van der Waals surface area (Å²) in [7, 11) is 1.55. The van der Waals surface area contributed by atoms with Gasteiger partial charge >= 0.3 is 0 Å². The van der Waals surface area contributed by atoms with Gasteiger partial charge in [0.05, 0.1) is 13.2 Å². The van der Waals surface area contributed by atoms with Crippen molar-refractivity contribution in [1.82, 2.24) is 15.3 Å². The number of halogens is 1. The summed E-state index contributed by atoms with van der Waals surface area (Å²) in [5.41, 5.74) is 0.272. The van der Waals surface area contributed by atoms with Crippen LogP contribution in [0.3, 0.4) is 0 Å². The van der Waals surface area contributed by atoms with Crippen molar-refractivity contribution in [2.24, 2.45) is 0 Å². The molecule has 0 bridgehead atoms. The molecule has 1 aromatic heterocycles. The first-order chi connectivity index (χ1) is 8.20. The Bertz CT molecular complexity index is 421. The number of morpholine rings is 1. The van der Waals surface area contributed by atoms with Crippen molar-refractivity contribution in [3.63, 3.8) is 0 Å². The van der Waals surface area contributed by atoms with E-state index in [0.29, 0.717) is 19.0 Å². The zero-order valence-corrected chi connectivity index (χ0v) is 10.2. The number of hydrogen-bond acceptors (Lipinski definition) is 5. The Hall–Kier alpha value is -1.40. The Kier molecular flexibility index (Phi) is 3.75. The van der Waals surface area contributed by atoms with E-state index in [1.165, 1.54) is 0 Å². The van der Waals surface area contributed by atoms with Gasteiger partial charge in [0, 0.05) is 26.2 Å². The average Bonchev–Trinajstić information content (AvgIpc) is 2.38. The number of ether oxygens (including phenoxy) is 1. The van der Waals surface area contributed by atoms with E-state index in [1.807, 2.05) is 4.90 Å². The number of anilines is 1. The van der Waals surface area contributed by atoms with Crippen molar-refractivity contribution in [3.8, 4) is 0 Å². The number of aromatic nitrogens is 2. The van der Waals surface area contributed by atoms with Gasteiger partial charge in [-0.15, -0.1) is 0 Å². The van der Waals surface area contributed by atoms with Crippen LogP contribution in [0.2, 0.25) is 5.28 Å². The number of nitrogens with zero attached hydrogens (tertiary/aromatic N) is 3. The highest BCUT2D eigenvalue weighted by Crippen LogP contribution is 2.16. The van der Waals surface area contributed by atoms with E-state index < -0.39 is 0 Å². The van der Waals surface area contributed by atoms with Crippen LogP contribution in [-0.4, -0.2) is 49.2 Å². The molecule has 0 aliphatic carbocycles. The third-order valence-corrected chi connectivity index (χ3v) is 2.65. The molecule has 1 saturated heterocycles. The van der Waals surface area contributed by atoms with Gasteiger partial charge in [0.1, 0.15) is 11.5 Å². The molecule has 0 saturated carbocycles. The normalized spacial score (nSPS) is 15.8. The smallest absolute Gasteiger partial charge is 0.269 e. The molecule has 0 unspecified atom stereocenters. The van der Waals surface area contributed by atoms with Crippen LogP contribution in [-0.2, 0) is 4.74 Å². The summed E-state index contributed by atoms with van der Waals surface area (Å²) in [4.78, 5) is 21.5. The van der Waals surface area contributed by atoms with Crippen molar-refractivity contribution < 1.29 is 9.53 Å². The summed E-state index contributed by atoms with van der Waals surface area (Å²) >= 11 is 5.81. The highest BCUT2D eigenvalue weighted by Gasteiger charge is 2.16. The van der Waals surface area contributed by atoms with Gasteiger partial charge in [-0.25, -0.2) is 9.97 Å². The maximum atomic E-state index is 11.5. The second-order valence-corrected chi connectivity index (χ2v) is 3.90. The molecule has 1 aliphatic rings. The second-order valence-electron chi connectivity index (χ2n) is 3.56. The fraction of sp³-hybridized carbons (Fsp3) is 0.500. The van der Waals surface area contributed by atoms with E-state index in [4.69, 9.17) is 16.3 Å². The molecule has 6 nitrogen and oxygen atoms in total. The van der Waals surface area contributed by atoms with E-state index >= 15 is 0 Å². The zero-order chi connectivity index (χ0) is 12.3. The summed E-state index contributed by atoms with van der Waals surface area (Å²) < 4.78 is 5.25. The molecule has 1 aromatic rings. The predicted molar refractivity (Wildman–Crippen MR) is 63.5 cm³/mol. The highest BCUT2D eigenvalue weighted by atomic mass is 35.5. The minimum Gasteiger partial charge on any atom is -0.378 e. The summed E-state index contributed by atoms with van der Waals surface area (Å²) in [5.74, 6) is 0.385. The number of nitrogens with one attached hydrogen (secondary N) is 1. The Morgan fingerprint density at radius 2 is 2.18 bits per heavy atom. The van der Waals surface area contributed by atoms with E-state index in [-0.39, 0.29) is 16.9 Å². The molecule has 92 valence electrons. The lowest BCUT2D eigenvalue weighted by Crippen LogP contribution is -2.37. The van der Waals surface area contributed by atoms with Crippen molar-refractivity contribution in [2.45, 2.75) is 0 Å². The first kappa shape index (κ1) is 12.1. The maximum Gasteiger partial charge on any atom is 0.269 e. The minimum absolute atomic E-state index is 0.0765. The molecular weight excluding hydrogens is 244 g/mol. The molecule has 2 heterocycles. The van der Waals surface area contributed by atoms with E-state index in [0.717, 1.165) is 13.1 Å². The van der Waals surface area contributed by atoms with Crippen LogP contribution in [0.4, 0.5) is 5.82 Å². The van der Waals surface area contributed by atoms with Crippen LogP contribution in [0.5, 0.6) is 0 Å². The van der Waals surface area contributed by atoms with Crippen LogP contribution < -0.4 is 10.2 Å². The van der Waals surface area contributed by atoms with Crippen LogP contribution in [0, 0.1) is 0 Å². The van der Waals surface area contributed by atoms with Crippen LogP contribution in [0.25, 0.3) is 0 Å². The molecule has 1 fully saturated rings. The van der Waals surface area contributed by atoms with Crippen molar-refractivity contribution >= 4 is 23.3 Å². The Morgan fingerprint density at radius 3 is 2.82 bits per heavy atom. The lowest BCUT2D eigenvalue weighted by Gasteiger charge is -2.27. The molecule has 1 amide bonds. The lowest BCUT2D eigenvalue weighted by atomic mass is 10.3. The quantitative estimate of drug-likeness (QED) is 0.773. The highest BCUT2D eigenvalue weighted by molar-refractivity contribution is 6.28. The van der Waals surface area contributed by atoms with Gasteiger partial charge in [-0.1, -0.05) is 0 Å². The zero-order valence-electron chi connectivity index (χ0n) is 9.44. The third-order valence-electron chi connectivity index (χ3n) is 2.48. The average molecular weight is 257 g/mol. The topological polar surface area (TPSA) is 67.4 Å². The third kappa shape index (κ3) is 2.83. The number of amides is 1. The van der Waals surface area contributed by atoms with Gasteiger partial charge in [-0.2, -0.15) is 0 Å². The van der Waals surface area contributed by atoms with E-state index in [1.54, 1.807) is 13.1 Å². The Labute approximate surface area is 104 Å². The molecule has 17 heavy (non-hydrogen) atoms. The van der Waals surface area contributed by atoms with Gasteiger partial charge < -0.3 is 15.0 Å². The van der Waals surface area contributed by atoms with Gasteiger partial charge in [0.15, 0.2) is 0 Å². The minimum atomic E-state index is -0.274. The molecule has 0 atom stereocenters. The molecule has 1 aliphatic heterocycles. The van der Waals surface area contributed by atoms with Gasteiger partial charge in [0.25, 0.3) is 5.91 Å². The predicted octanol–water partition coefficient (Wildman–Crippen LogP) is 0.326. The maximum absolute atomic E-state index is 11.5. The van der Waals surface area contributed by atoms with Crippen molar-refractivity contribution in [3.05, 3.63) is 17.0 Å². The monoisotopic (exact) mass is 256 g/mol. The van der Waals surface area contributed by atoms with Gasteiger partial charge in [-0.3, -0.25) is 4.79 Å². The molecular formula is C10H13ClN4O2. The summed E-state index contributed by atoms with van der Waals surface area (Å²) in [6, 6.07) is 1.63. The lowest BCUT2D eigenvalue weighted by molar-refractivity contribution is 0.0958. The van der Waals surface area contributed by atoms with Crippen LogP contribution in [0.1, 0.15) is 10.5 Å². The van der Waals surface area contributed by atoms with Crippen LogP contribution >= 0.6 is 11.6 Å². The fourth-order valence-electron chi connectivity index (χ4n) is 1.60.